The van der Waals surface area contributed by atoms with Gasteiger partial charge < -0.3 is 9.47 Å². The molecule has 0 amide bonds. The Labute approximate surface area is 165 Å². The molecule has 0 atom stereocenters. The molecule has 2 aromatic carbocycles. The zero-order valence-corrected chi connectivity index (χ0v) is 14.8. The first-order chi connectivity index (χ1) is 14.0. The lowest BCUT2D eigenvalue weighted by molar-refractivity contribution is -0.275. The second-order valence-corrected chi connectivity index (χ2v) is 5.89. The van der Waals surface area contributed by atoms with Crippen molar-refractivity contribution in [3.8, 4) is 33.9 Å². The van der Waals surface area contributed by atoms with Crippen LogP contribution in [0.25, 0.3) is 22.4 Å². The van der Waals surface area contributed by atoms with Gasteiger partial charge in [0.25, 0.3) is 0 Å². The lowest BCUT2D eigenvalue weighted by Gasteiger charge is -2.11. The fraction of sp³-hybridized carbons (Fsp3) is 0.100. The molecule has 0 fully saturated rings. The highest BCUT2D eigenvalue weighted by atomic mass is 19.4. The van der Waals surface area contributed by atoms with Crippen LogP contribution in [-0.2, 0) is 0 Å². The van der Waals surface area contributed by atoms with Gasteiger partial charge in [0.15, 0.2) is 6.29 Å². The summed E-state index contributed by atoms with van der Waals surface area (Å²) in [6.07, 6.45) is -9.16. The van der Waals surface area contributed by atoms with E-state index in [-0.39, 0.29) is 5.69 Å². The van der Waals surface area contributed by atoms with Gasteiger partial charge in [0.1, 0.15) is 17.2 Å². The lowest BCUT2D eigenvalue weighted by Crippen LogP contribution is -2.17. The Morgan fingerprint density at radius 3 is 1.57 bits per heavy atom. The SMILES string of the molecule is O=Cc1nc(-c2ccc(OC(F)(F)F)cc2)ccc1-c1ccc(OC(F)(F)F)cc1. The number of hydrogen-bond acceptors (Lipinski definition) is 4. The highest BCUT2D eigenvalue weighted by Gasteiger charge is 2.31. The first-order valence-electron chi connectivity index (χ1n) is 8.23. The standard InChI is InChI=1S/C20H11F6NO3/c21-19(22,23)29-14-5-1-12(2-6-14)16-9-10-17(27-18(16)11-28)13-3-7-15(8-4-13)30-20(24,25)26/h1-11H. The molecule has 0 aliphatic rings. The minimum absolute atomic E-state index is 0.00704. The number of rotatable bonds is 5. The predicted octanol–water partition coefficient (Wildman–Crippen LogP) is 6.03. The summed E-state index contributed by atoms with van der Waals surface area (Å²) in [4.78, 5) is 15.7. The summed E-state index contributed by atoms with van der Waals surface area (Å²) < 4.78 is 81.1. The summed E-state index contributed by atoms with van der Waals surface area (Å²) in [5.41, 5.74) is 1.56. The van der Waals surface area contributed by atoms with Crippen LogP contribution in [0.15, 0.2) is 60.7 Å². The van der Waals surface area contributed by atoms with Crippen LogP contribution in [0.3, 0.4) is 0 Å². The molecule has 0 saturated carbocycles. The summed E-state index contributed by atoms with van der Waals surface area (Å²) in [5, 5.41) is 0. The fourth-order valence-corrected chi connectivity index (χ4v) is 2.63. The number of benzene rings is 2. The number of alkyl halides is 6. The van der Waals surface area contributed by atoms with Gasteiger partial charge in [-0.2, -0.15) is 0 Å². The van der Waals surface area contributed by atoms with E-state index in [0.29, 0.717) is 28.7 Å². The maximum absolute atomic E-state index is 12.3. The zero-order valence-electron chi connectivity index (χ0n) is 14.8. The lowest BCUT2D eigenvalue weighted by atomic mass is 10.0. The van der Waals surface area contributed by atoms with Crippen molar-refractivity contribution in [3.63, 3.8) is 0 Å². The number of hydrogen-bond donors (Lipinski definition) is 0. The Morgan fingerprint density at radius 1 is 0.667 bits per heavy atom. The first kappa shape index (κ1) is 21.2. The van der Waals surface area contributed by atoms with Gasteiger partial charge in [0.2, 0.25) is 0 Å². The Bertz CT molecular complexity index is 1030. The quantitative estimate of drug-likeness (QED) is 0.369. The van der Waals surface area contributed by atoms with E-state index in [1.165, 1.54) is 36.4 Å². The third-order valence-electron chi connectivity index (χ3n) is 3.82. The number of carbonyl (C=O) groups is 1. The van der Waals surface area contributed by atoms with Gasteiger partial charge in [-0.15, -0.1) is 26.3 Å². The molecule has 1 aromatic heterocycles. The van der Waals surface area contributed by atoms with Crippen molar-refractivity contribution in [3.05, 3.63) is 66.4 Å². The summed E-state index contributed by atoms with van der Waals surface area (Å²) in [6, 6.07) is 12.9. The summed E-state index contributed by atoms with van der Waals surface area (Å²) in [6.45, 7) is 0. The monoisotopic (exact) mass is 427 g/mol. The molecule has 10 heteroatoms. The molecule has 0 aliphatic carbocycles. The second-order valence-electron chi connectivity index (χ2n) is 5.89. The number of ether oxygens (including phenoxy) is 2. The number of carbonyl (C=O) groups excluding carboxylic acids is 1. The van der Waals surface area contributed by atoms with Crippen molar-refractivity contribution in [2.24, 2.45) is 0 Å². The maximum Gasteiger partial charge on any atom is 0.573 e. The van der Waals surface area contributed by atoms with Gasteiger partial charge >= 0.3 is 12.7 Å². The third kappa shape index (κ3) is 5.49. The topological polar surface area (TPSA) is 48.4 Å². The van der Waals surface area contributed by atoms with Crippen molar-refractivity contribution >= 4 is 6.29 Å². The molecular weight excluding hydrogens is 416 g/mol. The number of halogens is 6. The van der Waals surface area contributed by atoms with E-state index in [4.69, 9.17) is 0 Å². The van der Waals surface area contributed by atoms with E-state index >= 15 is 0 Å². The second kappa shape index (κ2) is 8.05. The Morgan fingerprint density at radius 2 is 1.13 bits per heavy atom. The van der Waals surface area contributed by atoms with Crippen LogP contribution in [0.5, 0.6) is 11.5 Å². The minimum Gasteiger partial charge on any atom is -0.406 e. The van der Waals surface area contributed by atoms with Gasteiger partial charge in [-0.25, -0.2) is 4.98 Å². The Hall–Kier alpha value is -3.56. The van der Waals surface area contributed by atoms with Crippen molar-refractivity contribution in [1.29, 1.82) is 0 Å². The molecule has 0 radical (unpaired) electrons. The smallest absolute Gasteiger partial charge is 0.406 e. The Balaban J connectivity index is 1.85. The van der Waals surface area contributed by atoms with Crippen LogP contribution in [-0.4, -0.2) is 24.0 Å². The average molecular weight is 427 g/mol. The molecule has 0 saturated heterocycles. The molecule has 0 N–H and O–H groups in total. The molecule has 156 valence electrons. The van der Waals surface area contributed by atoms with Gasteiger partial charge in [-0.3, -0.25) is 4.79 Å². The molecule has 0 aliphatic heterocycles. The van der Waals surface area contributed by atoms with E-state index in [2.05, 4.69) is 14.5 Å². The van der Waals surface area contributed by atoms with Crippen LogP contribution >= 0.6 is 0 Å². The number of aldehydes is 1. The first-order valence-corrected chi connectivity index (χ1v) is 8.23. The molecule has 0 spiro atoms. The summed E-state index contributed by atoms with van der Waals surface area (Å²) >= 11 is 0. The Kier molecular flexibility index (Phi) is 5.68. The van der Waals surface area contributed by atoms with Crippen LogP contribution < -0.4 is 9.47 Å². The number of aromatic nitrogens is 1. The summed E-state index contributed by atoms with van der Waals surface area (Å²) in [5.74, 6) is -0.815. The number of nitrogens with zero attached hydrogens (tertiary/aromatic N) is 1. The van der Waals surface area contributed by atoms with Crippen molar-refractivity contribution in [1.82, 2.24) is 4.98 Å². The maximum atomic E-state index is 12.3. The molecule has 3 rings (SSSR count). The van der Waals surface area contributed by atoms with Gasteiger partial charge in [-0.1, -0.05) is 12.1 Å². The van der Waals surface area contributed by atoms with E-state index < -0.39 is 24.2 Å². The van der Waals surface area contributed by atoms with Crippen LogP contribution in [0.2, 0.25) is 0 Å². The molecule has 0 unspecified atom stereocenters. The van der Waals surface area contributed by atoms with Crippen molar-refractivity contribution in [2.75, 3.05) is 0 Å². The van der Waals surface area contributed by atoms with Crippen LogP contribution in [0.4, 0.5) is 26.3 Å². The highest BCUT2D eigenvalue weighted by Crippen LogP contribution is 2.30. The predicted molar refractivity (Wildman–Crippen MR) is 93.9 cm³/mol. The number of pyridine rings is 1. The molecule has 0 bridgehead atoms. The van der Waals surface area contributed by atoms with E-state index in [1.54, 1.807) is 0 Å². The molecule has 30 heavy (non-hydrogen) atoms. The van der Waals surface area contributed by atoms with Gasteiger partial charge in [0, 0.05) is 11.1 Å². The van der Waals surface area contributed by atoms with Crippen molar-refractivity contribution < 1.29 is 40.6 Å². The van der Waals surface area contributed by atoms with Crippen LogP contribution in [0, 0.1) is 0 Å². The molecule has 1 heterocycles. The average Bonchev–Trinajstić information content (AvgIpc) is 2.66. The van der Waals surface area contributed by atoms with E-state index in [0.717, 1.165) is 24.3 Å². The fourth-order valence-electron chi connectivity index (χ4n) is 2.63. The molecule has 4 nitrogen and oxygen atoms in total. The van der Waals surface area contributed by atoms with Crippen LogP contribution in [0.1, 0.15) is 10.5 Å². The molecular formula is C20H11F6NO3. The normalized spacial score (nSPS) is 11.8. The zero-order chi connectivity index (χ0) is 21.9. The highest BCUT2D eigenvalue weighted by molar-refractivity contribution is 5.86. The largest absolute Gasteiger partial charge is 0.573 e. The van der Waals surface area contributed by atoms with E-state index in [1.807, 2.05) is 0 Å². The molecule has 3 aromatic rings. The minimum atomic E-state index is -4.82. The summed E-state index contributed by atoms with van der Waals surface area (Å²) in [7, 11) is 0. The van der Waals surface area contributed by atoms with Crippen molar-refractivity contribution in [2.45, 2.75) is 12.7 Å². The van der Waals surface area contributed by atoms with Gasteiger partial charge in [-0.05, 0) is 54.1 Å². The third-order valence-corrected chi connectivity index (χ3v) is 3.82. The van der Waals surface area contributed by atoms with Gasteiger partial charge in [0.05, 0.1) is 5.69 Å². The van der Waals surface area contributed by atoms with E-state index in [9.17, 15) is 31.1 Å².